The Bertz CT molecular complexity index is 675. The van der Waals surface area contributed by atoms with Crippen LogP contribution < -0.4 is 0 Å². The van der Waals surface area contributed by atoms with Crippen LogP contribution in [0.15, 0.2) is 24.3 Å². The maximum Gasteiger partial charge on any atom is 0.410 e. The number of hydrogen-bond acceptors (Lipinski definition) is 5. The van der Waals surface area contributed by atoms with Crippen molar-refractivity contribution in [3.05, 3.63) is 35.4 Å². The molecule has 25 heavy (non-hydrogen) atoms. The summed E-state index contributed by atoms with van der Waals surface area (Å²) in [5.41, 5.74) is 0.243. The lowest BCUT2D eigenvalue weighted by Gasteiger charge is -2.35. The average Bonchev–Trinajstić information content (AvgIpc) is 2.79. The van der Waals surface area contributed by atoms with E-state index in [0.29, 0.717) is 24.3 Å². The van der Waals surface area contributed by atoms with E-state index < -0.39 is 17.8 Å². The van der Waals surface area contributed by atoms with E-state index in [2.05, 4.69) is 0 Å². The normalized spacial score (nSPS) is 20.7. The van der Waals surface area contributed by atoms with E-state index in [1.54, 1.807) is 29.2 Å². The van der Waals surface area contributed by atoms with E-state index in [1.165, 1.54) is 4.90 Å². The molecule has 7 nitrogen and oxygen atoms in total. The van der Waals surface area contributed by atoms with Crippen molar-refractivity contribution in [2.24, 2.45) is 0 Å². The first-order chi connectivity index (χ1) is 11.8. The van der Waals surface area contributed by atoms with Gasteiger partial charge in [0.05, 0.1) is 36.9 Å². The van der Waals surface area contributed by atoms with Crippen LogP contribution in [0, 0.1) is 0 Å². The zero-order valence-corrected chi connectivity index (χ0v) is 14.7. The summed E-state index contributed by atoms with van der Waals surface area (Å²) in [6.45, 7) is 6.58. The number of nitrogens with zero attached hydrogens (tertiary/aromatic N) is 2. The number of benzene rings is 1. The highest BCUT2D eigenvalue weighted by Crippen LogP contribution is 2.23. The van der Waals surface area contributed by atoms with Crippen molar-refractivity contribution < 1.29 is 23.9 Å². The second kappa shape index (κ2) is 6.48. The lowest BCUT2D eigenvalue weighted by Crippen LogP contribution is -2.51. The molecule has 1 aromatic rings. The van der Waals surface area contributed by atoms with Gasteiger partial charge < -0.3 is 14.4 Å². The molecule has 0 aliphatic carbocycles. The number of rotatable bonds is 2. The molecule has 2 aliphatic heterocycles. The summed E-state index contributed by atoms with van der Waals surface area (Å²) in [5.74, 6) is -0.641. The van der Waals surface area contributed by atoms with E-state index >= 15 is 0 Å². The molecule has 1 fully saturated rings. The fourth-order valence-electron chi connectivity index (χ4n) is 2.93. The third-order valence-electron chi connectivity index (χ3n) is 4.05. The number of hydrogen-bond donors (Lipinski definition) is 0. The minimum atomic E-state index is -0.576. The molecule has 3 amide bonds. The number of imide groups is 1. The van der Waals surface area contributed by atoms with Gasteiger partial charge in [-0.1, -0.05) is 12.1 Å². The van der Waals surface area contributed by atoms with E-state index in [9.17, 15) is 14.4 Å². The van der Waals surface area contributed by atoms with Gasteiger partial charge in [-0.2, -0.15) is 0 Å². The van der Waals surface area contributed by atoms with Crippen LogP contribution in [0.1, 0.15) is 41.5 Å². The van der Waals surface area contributed by atoms with Crippen molar-refractivity contribution in [2.45, 2.75) is 32.5 Å². The molecule has 0 aromatic heterocycles. The van der Waals surface area contributed by atoms with E-state index in [4.69, 9.17) is 9.47 Å². The van der Waals surface area contributed by atoms with Crippen LogP contribution in [-0.2, 0) is 9.47 Å². The zero-order chi connectivity index (χ0) is 18.2. The number of carbonyl (C=O) groups excluding carboxylic acids is 3. The van der Waals surface area contributed by atoms with Gasteiger partial charge in [-0.25, -0.2) is 4.79 Å². The maximum absolute atomic E-state index is 12.4. The quantitative estimate of drug-likeness (QED) is 0.765. The molecule has 0 spiro atoms. The van der Waals surface area contributed by atoms with Gasteiger partial charge in [0.15, 0.2) is 0 Å². The number of amides is 3. The molecule has 1 saturated heterocycles. The molecule has 0 saturated carbocycles. The first-order valence-corrected chi connectivity index (χ1v) is 8.31. The van der Waals surface area contributed by atoms with Crippen molar-refractivity contribution in [1.82, 2.24) is 9.80 Å². The summed E-state index contributed by atoms with van der Waals surface area (Å²) in [6.07, 6.45) is -0.841. The number of fused-ring (bicyclic) bond motifs is 1. The number of ether oxygens (including phenoxy) is 2. The van der Waals surface area contributed by atoms with Crippen LogP contribution in [0.4, 0.5) is 4.79 Å². The molecule has 3 rings (SSSR count). The van der Waals surface area contributed by atoms with Gasteiger partial charge in [0.2, 0.25) is 0 Å². The molecular formula is C18H22N2O5. The Morgan fingerprint density at radius 3 is 2.36 bits per heavy atom. The van der Waals surface area contributed by atoms with Crippen molar-refractivity contribution in [1.29, 1.82) is 0 Å². The Kier molecular flexibility index (Phi) is 4.51. The number of carbonyl (C=O) groups is 3. The second-order valence-corrected chi connectivity index (χ2v) is 7.19. The average molecular weight is 346 g/mol. The fourth-order valence-corrected chi connectivity index (χ4v) is 2.93. The van der Waals surface area contributed by atoms with Crippen molar-refractivity contribution in [2.75, 3.05) is 26.2 Å². The van der Waals surface area contributed by atoms with E-state index in [1.807, 2.05) is 20.8 Å². The summed E-state index contributed by atoms with van der Waals surface area (Å²) >= 11 is 0. The van der Waals surface area contributed by atoms with Crippen LogP contribution in [-0.4, -0.2) is 65.7 Å². The largest absolute Gasteiger partial charge is 0.444 e. The Hall–Kier alpha value is -2.41. The first kappa shape index (κ1) is 17.4. The maximum atomic E-state index is 12.4. The summed E-state index contributed by atoms with van der Waals surface area (Å²) in [4.78, 5) is 39.8. The van der Waals surface area contributed by atoms with Crippen molar-refractivity contribution in [3.63, 3.8) is 0 Å². The van der Waals surface area contributed by atoms with Crippen LogP contribution in [0.5, 0.6) is 0 Å². The van der Waals surface area contributed by atoms with Crippen molar-refractivity contribution >= 4 is 17.9 Å². The Labute approximate surface area is 146 Å². The van der Waals surface area contributed by atoms with Gasteiger partial charge in [-0.05, 0) is 32.9 Å². The predicted molar refractivity (Wildman–Crippen MR) is 89.4 cm³/mol. The van der Waals surface area contributed by atoms with Gasteiger partial charge in [-0.15, -0.1) is 0 Å². The van der Waals surface area contributed by atoms with Gasteiger partial charge in [-0.3, -0.25) is 14.5 Å². The summed E-state index contributed by atoms with van der Waals surface area (Å²) in [6, 6.07) is 6.75. The summed E-state index contributed by atoms with van der Waals surface area (Å²) in [7, 11) is 0. The van der Waals surface area contributed by atoms with E-state index in [0.717, 1.165) is 0 Å². The SMILES string of the molecule is CC(C)(C)OC(=O)N1CCOC(CN2C(=O)c3ccccc3C2=O)C1. The first-order valence-electron chi connectivity index (χ1n) is 8.31. The van der Waals surface area contributed by atoms with Crippen LogP contribution >= 0.6 is 0 Å². The van der Waals surface area contributed by atoms with Crippen LogP contribution in [0.3, 0.4) is 0 Å². The summed E-state index contributed by atoms with van der Waals surface area (Å²) in [5, 5.41) is 0. The zero-order valence-electron chi connectivity index (χ0n) is 14.7. The molecule has 1 aromatic carbocycles. The molecule has 2 heterocycles. The molecule has 7 heteroatoms. The molecule has 1 unspecified atom stereocenters. The smallest absolute Gasteiger partial charge is 0.410 e. The number of morpholine rings is 1. The van der Waals surface area contributed by atoms with Gasteiger partial charge in [0.1, 0.15) is 5.60 Å². The van der Waals surface area contributed by atoms with Crippen LogP contribution in [0.2, 0.25) is 0 Å². The molecule has 134 valence electrons. The highest BCUT2D eigenvalue weighted by Gasteiger charge is 2.38. The molecule has 0 N–H and O–H groups in total. The highest BCUT2D eigenvalue weighted by molar-refractivity contribution is 6.21. The van der Waals surface area contributed by atoms with E-state index in [-0.39, 0.29) is 24.9 Å². The summed E-state index contributed by atoms with van der Waals surface area (Å²) < 4.78 is 11.0. The molecule has 2 aliphatic rings. The molecule has 1 atom stereocenters. The monoisotopic (exact) mass is 346 g/mol. The topological polar surface area (TPSA) is 76.2 Å². The van der Waals surface area contributed by atoms with Crippen molar-refractivity contribution in [3.8, 4) is 0 Å². The van der Waals surface area contributed by atoms with Gasteiger partial charge >= 0.3 is 6.09 Å². The molecule has 0 radical (unpaired) electrons. The Morgan fingerprint density at radius 2 is 1.80 bits per heavy atom. The molecular weight excluding hydrogens is 324 g/mol. The third-order valence-corrected chi connectivity index (χ3v) is 4.05. The molecule has 0 bridgehead atoms. The standard InChI is InChI=1S/C18H22N2O5/c1-18(2,3)25-17(23)19-8-9-24-12(10-19)11-20-15(21)13-6-4-5-7-14(13)16(20)22/h4-7,12H,8-11H2,1-3H3. The lowest BCUT2D eigenvalue weighted by molar-refractivity contribution is -0.0475. The van der Waals surface area contributed by atoms with Gasteiger partial charge in [0, 0.05) is 6.54 Å². The third kappa shape index (κ3) is 3.66. The lowest BCUT2D eigenvalue weighted by atomic mass is 10.1. The minimum Gasteiger partial charge on any atom is -0.444 e. The highest BCUT2D eigenvalue weighted by atomic mass is 16.6. The van der Waals surface area contributed by atoms with Gasteiger partial charge in [0.25, 0.3) is 11.8 Å². The predicted octanol–water partition coefficient (Wildman–Crippen LogP) is 1.92. The Balaban J connectivity index is 1.65. The fraction of sp³-hybridized carbons (Fsp3) is 0.500. The Morgan fingerprint density at radius 1 is 1.20 bits per heavy atom. The minimum absolute atomic E-state index is 0.117. The second-order valence-electron chi connectivity index (χ2n) is 7.19. The van der Waals surface area contributed by atoms with Crippen LogP contribution in [0.25, 0.3) is 0 Å².